The van der Waals surface area contributed by atoms with Gasteiger partial charge in [0.15, 0.2) is 0 Å². The van der Waals surface area contributed by atoms with E-state index in [0.717, 1.165) is 0 Å². The fraction of sp³-hybridized carbons (Fsp3) is 0.556. The number of nitrogens with one attached hydrogen (secondary N) is 3. The van der Waals surface area contributed by atoms with Crippen molar-refractivity contribution in [3.05, 3.63) is 24.4 Å². The van der Waals surface area contributed by atoms with Gasteiger partial charge in [0.05, 0.1) is 0 Å². The molecule has 0 saturated carbocycles. The lowest BCUT2D eigenvalue weighted by Crippen LogP contribution is -2.68. The maximum absolute atomic E-state index is 12.2. The second kappa shape index (κ2) is 10.4. The second-order valence-corrected chi connectivity index (χ2v) is 6.36. The van der Waals surface area contributed by atoms with E-state index in [1.807, 2.05) is 25.1 Å². The Kier molecular flexibility index (Phi) is 8.54. The van der Waals surface area contributed by atoms with E-state index in [-0.39, 0.29) is 12.8 Å². The highest BCUT2D eigenvalue weighted by atomic mass is 16.4. The molecule has 8 heteroatoms. The van der Waals surface area contributed by atoms with Gasteiger partial charge in [0.25, 0.3) is 0 Å². The van der Waals surface area contributed by atoms with Gasteiger partial charge in [-0.15, -0.1) is 0 Å². The molecule has 0 fully saturated rings. The number of amides is 2. The number of rotatable bonds is 11. The van der Waals surface area contributed by atoms with Crippen LogP contribution in [0.5, 0.6) is 0 Å². The van der Waals surface area contributed by atoms with Crippen LogP contribution in [-0.2, 0) is 14.4 Å². The molecule has 0 radical (unpaired) electrons. The van der Waals surface area contributed by atoms with Crippen molar-refractivity contribution in [3.8, 4) is 0 Å². The van der Waals surface area contributed by atoms with Gasteiger partial charge in [-0.2, -0.15) is 0 Å². The van der Waals surface area contributed by atoms with Crippen molar-refractivity contribution in [2.45, 2.75) is 52.1 Å². The Labute approximate surface area is 153 Å². The van der Waals surface area contributed by atoms with Gasteiger partial charge in [-0.3, -0.25) is 9.59 Å². The number of hydrogen-bond acceptors (Lipinski definition) is 5. The summed E-state index contributed by atoms with van der Waals surface area (Å²) in [6.45, 7) is 5.63. The number of hydrogen-bond donors (Lipinski definition) is 4. The van der Waals surface area contributed by atoms with E-state index in [0.29, 0.717) is 25.2 Å². The van der Waals surface area contributed by atoms with E-state index in [4.69, 9.17) is 0 Å². The summed E-state index contributed by atoms with van der Waals surface area (Å²) in [6.07, 6.45) is 3.08. The lowest BCUT2D eigenvalue weighted by Gasteiger charge is -2.35. The van der Waals surface area contributed by atoms with Crippen LogP contribution in [0.15, 0.2) is 24.4 Å². The summed E-state index contributed by atoms with van der Waals surface area (Å²) in [5.74, 6) is -1.92. The summed E-state index contributed by atoms with van der Waals surface area (Å²) in [4.78, 5) is 40.1. The first kappa shape index (κ1) is 21.4. The molecular formula is C18H28N4O4. The van der Waals surface area contributed by atoms with Crippen molar-refractivity contribution < 1.29 is 19.5 Å². The lowest BCUT2D eigenvalue weighted by molar-refractivity contribution is -0.154. The molecule has 4 N–H and O–H groups in total. The summed E-state index contributed by atoms with van der Waals surface area (Å²) >= 11 is 0. The number of carboxylic acid groups (broad SMARTS) is 1. The number of aromatic nitrogens is 1. The van der Waals surface area contributed by atoms with Crippen molar-refractivity contribution in [3.63, 3.8) is 0 Å². The van der Waals surface area contributed by atoms with E-state index in [1.165, 1.54) is 0 Å². The van der Waals surface area contributed by atoms with Gasteiger partial charge >= 0.3 is 5.97 Å². The molecule has 0 aliphatic carbocycles. The topological polar surface area (TPSA) is 120 Å². The van der Waals surface area contributed by atoms with Crippen LogP contribution in [0.2, 0.25) is 0 Å². The van der Waals surface area contributed by atoms with Crippen LogP contribution in [0.25, 0.3) is 0 Å². The molecule has 0 aromatic carbocycles. The zero-order valence-electron chi connectivity index (χ0n) is 15.5. The van der Waals surface area contributed by atoms with Crippen LogP contribution >= 0.6 is 0 Å². The summed E-state index contributed by atoms with van der Waals surface area (Å²) < 4.78 is 0. The molecule has 0 unspecified atom stereocenters. The molecule has 1 atom stereocenters. The van der Waals surface area contributed by atoms with Gasteiger partial charge in [0, 0.05) is 31.5 Å². The average molecular weight is 364 g/mol. The Balaban J connectivity index is 2.61. The maximum Gasteiger partial charge on any atom is 0.350 e. The Morgan fingerprint density at radius 2 is 1.81 bits per heavy atom. The van der Waals surface area contributed by atoms with Gasteiger partial charge in [0.2, 0.25) is 17.5 Å². The van der Waals surface area contributed by atoms with Gasteiger partial charge in [-0.05, 0) is 25.0 Å². The molecule has 0 spiro atoms. The molecule has 2 amide bonds. The van der Waals surface area contributed by atoms with Crippen molar-refractivity contribution in [2.24, 2.45) is 5.92 Å². The highest BCUT2D eigenvalue weighted by molar-refractivity contribution is 5.91. The van der Waals surface area contributed by atoms with E-state index in [2.05, 4.69) is 20.9 Å². The first-order valence-electron chi connectivity index (χ1n) is 8.82. The van der Waals surface area contributed by atoms with Crippen LogP contribution in [0.4, 0.5) is 5.82 Å². The zero-order valence-corrected chi connectivity index (χ0v) is 15.5. The van der Waals surface area contributed by atoms with E-state index in [9.17, 15) is 19.5 Å². The average Bonchev–Trinajstić information content (AvgIpc) is 2.58. The van der Waals surface area contributed by atoms with Gasteiger partial charge in [-0.1, -0.05) is 26.8 Å². The smallest absolute Gasteiger partial charge is 0.350 e. The summed E-state index contributed by atoms with van der Waals surface area (Å²) in [7, 11) is 0. The minimum Gasteiger partial charge on any atom is -0.478 e. The highest BCUT2D eigenvalue weighted by Crippen LogP contribution is 2.16. The molecule has 26 heavy (non-hydrogen) atoms. The Hall–Kier alpha value is -2.64. The predicted octanol–water partition coefficient (Wildman–Crippen LogP) is 1.74. The number of nitrogens with zero attached hydrogens (tertiary/aromatic N) is 1. The summed E-state index contributed by atoms with van der Waals surface area (Å²) in [6, 6.07) is 5.48. The van der Waals surface area contributed by atoms with Crippen molar-refractivity contribution in [1.82, 2.24) is 15.6 Å². The molecule has 0 aliphatic heterocycles. The van der Waals surface area contributed by atoms with E-state index in [1.54, 1.807) is 20.0 Å². The molecule has 8 nitrogen and oxygen atoms in total. The van der Waals surface area contributed by atoms with Crippen LogP contribution in [0.1, 0.15) is 46.5 Å². The predicted molar refractivity (Wildman–Crippen MR) is 98.4 cm³/mol. The van der Waals surface area contributed by atoms with Crippen LogP contribution in [0.3, 0.4) is 0 Å². The number of carbonyl (C=O) groups excluding carboxylic acids is 2. The molecular weight excluding hydrogens is 336 g/mol. The Morgan fingerprint density at radius 1 is 1.15 bits per heavy atom. The molecule has 1 aromatic rings. The molecule has 144 valence electrons. The van der Waals surface area contributed by atoms with Gasteiger partial charge < -0.3 is 21.1 Å². The Morgan fingerprint density at radius 3 is 2.31 bits per heavy atom. The number of aliphatic carboxylic acids is 1. The molecule has 0 bridgehead atoms. The van der Waals surface area contributed by atoms with Crippen LogP contribution in [0, 0.1) is 5.92 Å². The lowest BCUT2D eigenvalue weighted by atomic mass is 9.94. The number of pyridine rings is 1. The summed E-state index contributed by atoms with van der Waals surface area (Å²) in [5.41, 5.74) is -1.81. The maximum atomic E-state index is 12.2. The fourth-order valence-corrected chi connectivity index (χ4v) is 2.40. The quantitative estimate of drug-likeness (QED) is 0.351. The third-order valence-corrected chi connectivity index (χ3v) is 3.91. The first-order chi connectivity index (χ1) is 12.3. The normalized spacial score (nSPS) is 12.9. The van der Waals surface area contributed by atoms with E-state index < -0.39 is 29.4 Å². The fourth-order valence-electron chi connectivity index (χ4n) is 2.40. The highest BCUT2D eigenvalue weighted by Gasteiger charge is 2.44. The number of anilines is 1. The SMILES string of the molecule is CCCC(=O)N[C@](NC(=O)CCCNc1ccccn1)(C(=O)O)C(C)C. The largest absolute Gasteiger partial charge is 0.478 e. The number of carbonyl (C=O) groups is 3. The van der Waals surface area contributed by atoms with E-state index >= 15 is 0 Å². The minimum absolute atomic E-state index is 0.130. The minimum atomic E-state index is -1.81. The molecule has 1 rings (SSSR count). The molecule has 0 saturated heterocycles. The second-order valence-electron chi connectivity index (χ2n) is 6.36. The molecule has 1 aromatic heterocycles. The Bertz CT molecular complexity index is 606. The third-order valence-electron chi connectivity index (χ3n) is 3.91. The monoisotopic (exact) mass is 364 g/mol. The number of carboxylic acids is 1. The van der Waals surface area contributed by atoms with Crippen molar-refractivity contribution in [2.75, 3.05) is 11.9 Å². The van der Waals surface area contributed by atoms with Gasteiger partial charge in [-0.25, -0.2) is 9.78 Å². The van der Waals surface area contributed by atoms with Gasteiger partial charge in [0.1, 0.15) is 5.82 Å². The summed E-state index contributed by atoms with van der Waals surface area (Å²) in [5, 5.41) is 17.7. The third kappa shape index (κ3) is 6.34. The molecule has 0 aliphatic rings. The molecule has 1 heterocycles. The van der Waals surface area contributed by atoms with Crippen molar-refractivity contribution >= 4 is 23.6 Å². The standard InChI is InChI=1S/C18H28N4O4/c1-4-8-15(23)21-18(13(2)3,17(25)26)22-16(24)10-7-12-20-14-9-5-6-11-19-14/h5-6,9,11,13H,4,7-8,10,12H2,1-3H3,(H,19,20)(H,21,23)(H,22,24)(H,25,26)/t18-/m1/s1. The van der Waals surface area contributed by atoms with Crippen molar-refractivity contribution in [1.29, 1.82) is 0 Å². The van der Waals surface area contributed by atoms with Crippen LogP contribution < -0.4 is 16.0 Å². The zero-order chi connectivity index (χ0) is 19.6. The first-order valence-corrected chi connectivity index (χ1v) is 8.82. The van der Waals surface area contributed by atoms with Crippen LogP contribution in [-0.4, -0.2) is 40.1 Å².